The van der Waals surface area contributed by atoms with E-state index in [0.29, 0.717) is 6.61 Å². The van der Waals surface area contributed by atoms with Crippen molar-refractivity contribution in [2.24, 2.45) is 0 Å². The van der Waals surface area contributed by atoms with Gasteiger partial charge >= 0.3 is 0 Å². The highest BCUT2D eigenvalue weighted by Crippen LogP contribution is 2.31. The lowest BCUT2D eigenvalue weighted by atomic mass is 9.91. The molecule has 0 aliphatic carbocycles. The Labute approximate surface area is 150 Å². The molecule has 0 radical (unpaired) electrons. The molecule has 1 saturated heterocycles. The van der Waals surface area contributed by atoms with Crippen LogP contribution in [0, 0.1) is 0 Å². The Morgan fingerprint density at radius 1 is 1.08 bits per heavy atom. The van der Waals surface area contributed by atoms with Crippen LogP contribution in [0.1, 0.15) is 18.2 Å². The van der Waals surface area contributed by atoms with E-state index in [2.05, 4.69) is 28.9 Å². The van der Waals surface area contributed by atoms with Crippen molar-refractivity contribution in [3.8, 4) is 0 Å². The molecule has 1 aromatic heterocycles. The minimum atomic E-state index is -0.533. The van der Waals surface area contributed by atoms with Crippen LogP contribution in [0.3, 0.4) is 0 Å². The summed E-state index contributed by atoms with van der Waals surface area (Å²) in [7, 11) is 0. The highest BCUT2D eigenvalue weighted by Gasteiger charge is 2.31. The smallest absolute Gasteiger partial charge is 0.132 e. The van der Waals surface area contributed by atoms with E-state index in [1.165, 1.54) is 0 Å². The van der Waals surface area contributed by atoms with E-state index in [0.717, 1.165) is 44.1 Å². The summed E-state index contributed by atoms with van der Waals surface area (Å²) in [5.41, 5.74) is 1.53. The van der Waals surface area contributed by atoms with E-state index in [1.807, 2.05) is 42.6 Å². The number of ether oxygens (including phenoxy) is 2. The van der Waals surface area contributed by atoms with Crippen LogP contribution in [0.2, 0.25) is 0 Å². The highest BCUT2D eigenvalue weighted by molar-refractivity contribution is 5.85. The molecule has 24 heavy (non-hydrogen) atoms. The zero-order chi connectivity index (χ0) is 16.0. The summed E-state index contributed by atoms with van der Waals surface area (Å²) in [5, 5.41) is 0. The van der Waals surface area contributed by atoms with Crippen LogP contribution < -0.4 is 0 Å². The number of hydrogen-bond acceptors (Lipinski definition) is 4. The fraction of sp³-hybridized carbons (Fsp3) is 0.421. The van der Waals surface area contributed by atoms with Crippen LogP contribution >= 0.6 is 12.4 Å². The Kier molecular flexibility index (Phi) is 7.18. The van der Waals surface area contributed by atoms with Gasteiger partial charge in [-0.1, -0.05) is 36.4 Å². The third-order valence-electron chi connectivity index (χ3n) is 4.38. The maximum atomic E-state index is 6.36. The molecule has 0 bridgehead atoms. The van der Waals surface area contributed by atoms with Crippen molar-refractivity contribution in [1.82, 2.24) is 9.88 Å². The van der Waals surface area contributed by atoms with E-state index in [4.69, 9.17) is 9.47 Å². The van der Waals surface area contributed by atoms with Crippen LogP contribution in [-0.4, -0.2) is 49.3 Å². The summed E-state index contributed by atoms with van der Waals surface area (Å²) in [4.78, 5) is 6.92. The molecular weight excluding hydrogens is 324 g/mol. The van der Waals surface area contributed by atoms with Gasteiger partial charge in [-0.05, 0) is 24.6 Å². The average Bonchev–Trinajstić information content (AvgIpc) is 2.64. The first-order valence-electron chi connectivity index (χ1n) is 8.20. The van der Waals surface area contributed by atoms with Gasteiger partial charge in [0.05, 0.1) is 25.5 Å². The molecule has 1 fully saturated rings. The van der Waals surface area contributed by atoms with E-state index >= 15 is 0 Å². The highest BCUT2D eigenvalue weighted by atomic mass is 35.5. The monoisotopic (exact) mass is 348 g/mol. The van der Waals surface area contributed by atoms with Crippen molar-refractivity contribution in [2.45, 2.75) is 12.5 Å². The Balaban J connectivity index is 0.00000208. The van der Waals surface area contributed by atoms with E-state index in [9.17, 15) is 0 Å². The molecule has 0 saturated carbocycles. The molecule has 0 N–H and O–H groups in total. The van der Waals surface area contributed by atoms with E-state index in [-0.39, 0.29) is 12.4 Å². The van der Waals surface area contributed by atoms with Crippen molar-refractivity contribution < 1.29 is 9.47 Å². The zero-order valence-corrected chi connectivity index (χ0v) is 14.9. The number of rotatable bonds is 6. The predicted molar refractivity (Wildman–Crippen MR) is 97.6 cm³/mol. The molecule has 0 amide bonds. The molecule has 1 atom stereocenters. The lowest BCUT2D eigenvalue weighted by Gasteiger charge is -2.32. The second kappa shape index (κ2) is 9.14. The van der Waals surface area contributed by atoms with E-state index in [1.54, 1.807) is 0 Å². The standard InChI is InChI=1S/C19H24N2O2.ClH/c1-19(17-7-3-2-4-8-17,18-9-5-6-10-20-18)23-16-13-21-11-14-22-15-12-21;/h2-10H,11-16H2,1H3;1H. The molecule has 0 spiro atoms. The number of pyridine rings is 1. The number of benzene rings is 1. The summed E-state index contributed by atoms with van der Waals surface area (Å²) < 4.78 is 11.8. The fourth-order valence-corrected chi connectivity index (χ4v) is 2.91. The van der Waals surface area contributed by atoms with Gasteiger partial charge in [-0.3, -0.25) is 9.88 Å². The number of hydrogen-bond donors (Lipinski definition) is 0. The van der Waals surface area contributed by atoms with Crippen LogP contribution in [0.5, 0.6) is 0 Å². The molecule has 3 rings (SSSR count). The topological polar surface area (TPSA) is 34.6 Å². The Morgan fingerprint density at radius 2 is 1.79 bits per heavy atom. The van der Waals surface area contributed by atoms with Crippen molar-refractivity contribution in [3.05, 3.63) is 66.0 Å². The van der Waals surface area contributed by atoms with Gasteiger partial charge in [0.1, 0.15) is 5.60 Å². The fourth-order valence-electron chi connectivity index (χ4n) is 2.91. The first kappa shape index (κ1) is 18.9. The van der Waals surface area contributed by atoms with Crippen LogP contribution in [0.25, 0.3) is 0 Å². The Bertz CT molecular complexity index is 549. The van der Waals surface area contributed by atoms with Gasteiger partial charge in [0.2, 0.25) is 0 Å². The van der Waals surface area contributed by atoms with Crippen molar-refractivity contribution in [3.63, 3.8) is 0 Å². The molecule has 1 aliphatic heterocycles. The molecule has 130 valence electrons. The molecule has 2 aromatic rings. The molecule has 1 unspecified atom stereocenters. The molecule has 1 aromatic carbocycles. The summed E-state index contributed by atoms with van der Waals surface area (Å²) in [6.07, 6.45) is 1.82. The van der Waals surface area contributed by atoms with Crippen LogP contribution in [-0.2, 0) is 15.1 Å². The number of morpholine rings is 1. The van der Waals surface area contributed by atoms with Crippen LogP contribution in [0.4, 0.5) is 0 Å². The number of aromatic nitrogens is 1. The van der Waals surface area contributed by atoms with Gasteiger partial charge in [-0.2, -0.15) is 0 Å². The molecule has 1 aliphatic rings. The van der Waals surface area contributed by atoms with Gasteiger partial charge in [-0.25, -0.2) is 0 Å². The van der Waals surface area contributed by atoms with Crippen molar-refractivity contribution in [2.75, 3.05) is 39.5 Å². The lowest BCUT2D eigenvalue weighted by Crippen LogP contribution is -2.40. The molecular formula is C19H25ClN2O2. The summed E-state index contributed by atoms with van der Waals surface area (Å²) in [6, 6.07) is 16.3. The molecule has 2 heterocycles. The second-order valence-electron chi connectivity index (χ2n) is 5.92. The van der Waals surface area contributed by atoms with Gasteiger partial charge in [0, 0.05) is 25.8 Å². The molecule has 5 heteroatoms. The predicted octanol–water partition coefficient (Wildman–Crippen LogP) is 3.12. The Hall–Kier alpha value is -1.46. The van der Waals surface area contributed by atoms with Crippen molar-refractivity contribution >= 4 is 12.4 Å². The summed E-state index contributed by atoms with van der Waals surface area (Å²) in [6.45, 7) is 7.28. The SMILES string of the molecule is CC(OCCN1CCOCC1)(c1ccccc1)c1ccccn1.Cl. The van der Waals surface area contributed by atoms with Gasteiger partial charge in [-0.15, -0.1) is 12.4 Å². The first-order chi connectivity index (χ1) is 11.3. The normalized spacial score (nSPS) is 17.7. The third-order valence-corrected chi connectivity index (χ3v) is 4.38. The average molecular weight is 349 g/mol. The largest absolute Gasteiger partial charge is 0.379 e. The maximum absolute atomic E-state index is 6.36. The van der Waals surface area contributed by atoms with Crippen molar-refractivity contribution in [1.29, 1.82) is 0 Å². The Morgan fingerprint density at radius 3 is 2.46 bits per heavy atom. The summed E-state index contributed by atoms with van der Waals surface area (Å²) >= 11 is 0. The van der Waals surface area contributed by atoms with Gasteiger partial charge < -0.3 is 9.47 Å². The number of halogens is 1. The second-order valence-corrected chi connectivity index (χ2v) is 5.92. The van der Waals surface area contributed by atoms with Gasteiger partial charge in [0.25, 0.3) is 0 Å². The quantitative estimate of drug-likeness (QED) is 0.803. The van der Waals surface area contributed by atoms with Crippen LogP contribution in [0.15, 0.2) is 54.7 Å². The lowest BCUT2D eigenvalue weighted by molar-refractivity contribution is -0.0316. The van der Waals surface area contributed by atoms with E-state index < -0.39 is 5.60 Å². The first-order valence-corrected chi connectivity index (χ1v) is 8.20. The third kappa shape index (κ3) is 4.54. The number of nitrogens with zero attached hydrogens (tertiary/aromatic N) is 2. The minimum absolute atomic E-state index is 0. The minimum Gasteiger partial charge on any atom is -0.379 e. The zero-order valence-electron chi connectivity index (χ0n) is 14.1. The molecule has 4 nitrogen and oxygen atoms in total. The van der Waals surface area contributed by atoms with Gasteiger partial charge in [0.15, 0.2) is 0 Å². The summed E-state index contributed by atoms with van der Waals surface area (Å²) in [5.74, 6) is 0. The maximum Gasteiger partial charge on any atom is 0.132 e.